The second kappa shape index (κ2) is 6.41. The molecule has 0 amide bonds. The lowest BCUT2D eigenvalue weighted by atomic mass is 10.1. The van der Waals surface area contributed by atoms with Gasteiger partial charge in [0, 0.05) is 36.6 Å². The topological polar surface area (TPSA) is 31.4 Å². The van der Waals surface area contributed by atoms with Crippen LogP contribution < -0.4 is 10.2 Å². The molecule has 2 rings (SSSR count). The van der Waals surface area contributed by atoms with Gasteiger partial charge in [0.25, 0.3) is 0 Å². The summed E-state index contributed by atoms with van der Waals surface area (Å²) in [7, 11) is 4.23. The van der Waals surface area contributed by atoms with Crippen LogP contribution in [0.15, 0.2) is 0 Å². The monoisotopic (exact) mass is 296 g/mol. The van der Waals surface area contributed by atoms with E-state index in [0.29, 0.717) is 18.0 Å². The zero-order chi connectivity index (χ0) is 14.9. The van der Waals surface area contributed by atoms with Crippen LogP contribution in [0.2, 0.25) is 0 Å². The lowest BCUT2D eigenvalue weighted by Crippen LogP contribution is -2.55. The summed E-state index contributed by atoms with van der Waals surface area (Å²) >= 11 is 1.86. The highest BCUT2D eigenvalue weighted by molar-refractivity contribution is 7.15. The lowest BCUT2D eigenvalue weighted by molar-refractivity contribution is 0.170. The second-order valence-corrected chi connectivity index (χ2v) is 7.32. The van der Waals surface area contributed by atoms with Crippen LogP contribution in [0.3, 0.4) is 0 Å². The van der Waals surface area contributed by atoms with E-state index >= 15 is 0 Å². The number of hydrogen-bond donors (Lipinski definition) is 1. The summed E-state index contributed by atoms with van der Waals surface area (Å²) < 4.78 is 0. The van der Waals surface area contributed by atoms with Crippen LogP contribution in [0.1, 0.15) is 44.2 Å². The van der Waals surface area contributed by atoms with Gasteiger partial charge in [-0.3, -0.25) is 4.90 Å². The minimum atomic E-state index is 0.491. The van der Waals surface area contributed by atoms with Gasteiger partial charge in [-0.1, -0.05) is 13.8 Å². The number of rotatable bonds is 4. The Hall–Kier alpha value is -0.650. The number of thiazole rings is 1. The summed E-state index contributed by atoms with van der Waals surface area (Å²) in [5.41, 5.74) is 1.26. The van der Waals surface area contributed by atoms with Gasteiger partial charge < -0.3 is 10.2 Å². The molecule has 1 saturated heterocycles. The number of likely N-dealkylation sites (N-methyl/N-ethyl adjacent to an activating group) is 1. The predicted molar refractivity (Wildman–Crippen MR) is 87.9 cm³/mol. The van der Waals surface area contributed by atoms with Gasteiger partial charge in [0.2, 0.25) is 0 Å². The van der Waals surface area contributed by atoms with E-state index in [1.165, 1.54) is 15.7 Å². The summed E-state index contributed by atoms with van der Waals surface area (Å²) in [6.07, 6.45) is 0. The van der Waals surface area contributed by atoms with Crippen molar-refractivity contribution in [1.29, 1.82) is 0 Å². The number of hydrogen-bond acceptors (Lipinski definition) is 5. The van der Waals surface area contributed by atoms with Crippen molar-refractivity contribution >= 4 is 16.5 Å². The van der Waals surface area contributed by atoms with Crippen LogP contribution in [-0.4, -0.2) is 49.2 Å². The number of nitrogens with zero attached hydrogens (tertiary/aromatic N) is 3. The van der Waals surface area contributed by atoms with Crippen LogP contribution in [0, 0.1) is 0 Å². The van der Waals surface area contributed by atoms with E-state index in [-0.39, 0.29) is 0 Å². The molecular weight excluding hydrogens is 268 g/mol. The molecule has 1 aromatic rings. The van der Waals surface area contributed by atoms with Gasteiger partial charge in [0.05, 0.1) is 5.69 Å². The van der Waals surface area contributed by atoms with Crippen LogP contribution in [0.25, 0.3) is 0 Å². The van der Waals surface area contributed by atoms with Crippen LogP contribution in [0.4, 0.5) is 5.13 Å². The highest BCUT2D eigenvalue weighted by Gasteiger charge is 2.29. The first-order valence-electron chi connectivity index (χ1n) is 7.55. The standard InChI is InChI=1S/C15H28N4S/c1-10(2)14-13(7-16-5)20-15(17-14)19-8-11(3)18(6)12(4)9-19/h10-12,16H,7-9H2,1-6H3. The van der Waals surface area contributed by atoms with E-state index in [2.05, 4.69) is 49.9 Å². The SMILES string of the molecule is CNCc1sc(N2CC(C)N(C)C(C)C2)nc1C(C)C. The Balaban J connectivity index is 2.22. The van der Waals surface area contributed by atoms with E-state index in [1.807, 2.05) is 18.4 Å². The van der Waals surface area contributed by atoms with Gasteiger partial charge in [0.1, 0.15) is 0 Å². The summed E-state index contributed by atoms with van der Waals surface area (Å²) in [5, 5.41) is 4.46. The minimum Gasteiger partial charge on any atom is -0.345 e. The molecule has 0 radical (unpaired) electrons. The number of aromatic nitrogens is 1. The fraction of sp³-hybridized carbons (Fsp3) is 0.800. The predicted octanol–water partition coefficient (Wildman–Crippen LogP) is 2.51. The zero-order valence-corrected chi connectivity index (χ0v) is 14.4. The molecule has 114 valence electrons. The molecule has 0 aliphatic carbocycles. The lowest BCUT2D eigenvalue weighted by Gasteiger charge is -2.42. The van der Waals surface area contributed by atoms with Crippen molar-refractivity contribution in [2.24, 2.45) is 0 Å². The Kier molecular flexibility index (Phi) is 5.04. The Morgan fingerprint density at radius 2 is 1.90 bits per heavy atom. The molecule has 0 aromatic carbocycles. The third-order valence-corrected chi connectivity index (χ3v) is 5.36. The first-order chi connectivity index (χ1) is 9.43. The third kappa shape index (κ3) is 3.15. The van der Waals surface area contributed by atoms with E-state index in [1.54, 1.807) is 0 Å². The largest absolute Gasteiger partial charge is 0.345 e. The van der Waals surface area contributed by atoms with Gasteiger partial charge in [-0.25, -0.2) is 4.98 Å². The van der Waals surface area contributed by atoms with Crippen molar-refractivity contribution in [2.45, 2.75) is 52.2 Å². The second-order valence-electron chi connectivity index (χ2n) is 6.26. The summed E-state index contributed by atoms with van der Waals surface area (Å²) in [4.78, 5) is 11.2. The molecule has 2 atom stereocenters. The van der Waals surface area contributed by atoms with Gasteiger partial charge in [-0.15, -0.1) is 11.3 Å². The van der Waals surface area contributed by atoms with E-state index in [4.69, 9.17) is 4.98 Å². The maximum absolute atomic E-state index is 4.93. The quantitative estimate of drug-likeness (QED) is 0.925. The number of anilines is 1. The van der Waals surface area contributed by atoms with Crippen LogP contribution in [0.5, 0.6) is 0 Å². The Labute approximate surface area is 127 Å². The van der Waals surface area contributed by atoms with Crippen LogP contribution >= 0.6 is 11.3 Å². The molecule has 1 aliphatic heterocycles. The molecule has 1 N–H and O–H groups in total. The maximum Gasteiger partial charge on any atom is 0.185 e. The van der Waals surface area contributed by atoms with Gasteiger partial charge >= 0.3 is 0 Å². The maximum atomic E-state index is 4.93. The first-order valence-corrected chi connectivity index (χ1v) is 8.36. The van der Waals surface area contributed by atoms with Crippen molar-refractivity contribution in [3.8, 4) is 0 Å². The average molecular weight is 296 g/mol. The highest BCUT2D eigenvalue weighted by Crippen LogP contribution is 2.32. The molecule has 2 unspecified atom stereocenters. The molecule has 1 aliphatic rings. The van der Waals surface area contributed by atoms with E-state index in [0.717, 1.165) is 19.6 Å². The van der Waals surface area contributed by atoms with Gasteiger partial charge in [0.15, 0.2) is 5.13 Å². The summed E-state index contributed by atoms with van der Waals surface area (Å²) in [6.45, 7) is 12.1. The highest BCUT2D eigenvalue weighted by atomic mass is 32.1. The van der Waals surface area contributed by atoms with Gasteiger partial charge in [-0.05, 0) is 33.9 Å². The van der Waals surface area contributed by atoms with E-state index in [9.17, 15) is 0 Å². The molecule has 1 fully saturated rings. The molecule has 5 heteroatoms. The number of piperazine rings is 1. The molecule has 2 heterocycles. The molecule has 0 bridgehead atoms. The molecule has 20 heavy (non-hydrogen) atoms. The van der Waals surface area contributed by atoms with Crippen molar-refractivity contribution in [2.75, 3.05) is 32.1 Å². The normalized spacial score (nSPS) is 24.6. The van der Waals surface area contributed by atoms with Crippen LogP contribution in [-0.2, 0) is 6.54 Å². The smallest absolute Gasteiger partial charge is 0.185 e. The summed E-state index contributed by atoms with van der Waals surface area (Å²) in [5.74, 6) is 0.491. The average Bonchev–Trinajstić information content (AvgIpc) is 2.80. The first kappa shape index (κ1) is 15.7. The number of nitrogens with one attached hydrogen (secondary N) is 1. The fourth-order valence-corrected chi connectivity index (χ4v) is 4.03. The minimum absolute atomic E-state index is 0.491. The Bertz CT molecular complexity index is 431. The fourth-order valence-electron chi connectivity index (χ4n) is 2.78. The molecule has 0 spiro atoms. The molecule has 4 nitrogen and oxygen atoms in total. The van der Waals surface area contributed by atoms with Crippen molar-refractivity contribution in [3.63, 3.8) is 0 Å². The zero-order valence-electron chi connectivity index (χ0n) is 13.6. The molecular formula is C15H28N4S. The van der Waals surface area contributed by atoms with Gasteiger partial charge in [-0.2, -0.15) is 0 Å². The molecule has 0 saturated carbocycles. The Morgan fingerprint density at radius 1 is 1.30 bits per heavy atom. The van der Waals surface area contributed by atoms with E-state index < -0.39 is 0 Å². The van der Waals surface area contributed by atoms with Crippen molar-refractivity contribution in [3.05, 3.63) is 10.6 Å². The third-order valence-electron chi connectivity index (χ3n) is 4.23. The van der Waals surface area contributed by atoms with Crippen molar-refractivity contribution in [1.82, 2.24) is 15.2 Å². The van der Waals surface area contributed by atoms with Crippen molar-refractivity contribution < 1.29 is 0 Å². The summed E-state index contributed by atoms with van der Waals surface area (Å²) in [6, 6.07) is 1.16. The Morgan fingerprint density at radius 3 is 2.40 bits per heavy atom. The molecule has 1 aromatic heterocycles.